The Labute approximate surface area is 144 Å². The molecule has 0 aromatic heterocycles. The van der Waals surface area contributed by atoms with Crippen LogP contribution in [0.15, 0.2) is 12.1 Å². The maximum absolute atomic E-state index is 12.9. The lowest BCUT2D eigenvalue weighted by Crippen LogP contribution is -2.45. The first kappa shape index (κ1) is 16.6. The number of nitrogens with zero attached hydrogens (tertiary/aromatic N) is 1. The van der Waals surface area contributed by atoms with Gasteiger partial charge in [-0.1, -0.05) is 0 Å². The van der Waals surface area contributed by atoms with Gasteiger partial charge in [-0.3, -0.25) is 4.90 Å². The van der Waals surface area contributed by atoms with E-state index in [1.165, 1.54) is 0 Å². The fourth-order valence-electron chi connectivity index (χ4n) is 2.48. The molecular formula is C13H16F2I2N2O. The van der Waals surface area contributed by atoms with Gasteiger partial charge in [0.25, 0.3) is 0 Å². The van der Waals surface area contributed by atoms with Crippen LogP contribution in [0.25, 0.3) is 0 Å². The minimum Gasteiger partial charge on any atom is -0.506 e. The quantitative estimate of drug-likeness (QED) is 0.614. The van der Waals surface area contributed by atoms with Gasteiger partial charge in [-0.2, -0.15) is 0 Å². The third-order valence-electron chi connectivity index (χ3n) is 3.41. The van der Waals surface area contributed by atoms with Crippen molar-refractivity contribution in [3.63, 3.8) is 0 Å². The van der Waals surface area contributed by atoms with Gasteiger partial charge in [-0.15, -0.1) is 0 Å². The van der Waals surface area contributed by atoms with Crippen molar-refractivity contribution < 1.29 is 13.9 Å². The van der Waals surface area contributed by atoms with Crippen LogP contribution in [0.5, 0.6) is 5.75 Å². The summed E-state index contributed by atoms with van der Waals surface area (Å²) >= 11 is 4.19. The fourth-order valence-corrected chi connectivity index (χ4v) is 4.36. The van der Waals surface area contributed by atoms with Gasteiger partial charge in [0, 0.05) is 47.8 Å². The monoisotopic (exact) mass is 508 g/mol. The van der Waals surface area contributed by atoms with Crippen molar-refractivity contribution in [1.82, 2.24) is 10.2 Å². The number of alkyl halides is 2. The number of hydrogen-bond donors (Lipinski definition) is 2. The lowest BCUT2D eigenvalue weighted by Gasteiger charge is -2.35. The lowest BCUT2D eigenvalue weighted by molar-refractivity contribution is 0.0729. The molecule has 1 fully saturated rings. The molecule has 0 unspecified atom stereocenters. The molecule has 0 spiro atoms. The Hall–Kier alpha value is 0.260. The van der Waals surface area contributed by atoms with E-state index in [9.17, 15) is 13.9 Å². The Morgan fingerprint density at radius 1 is 1.25 bits per heavy atom. The summed E-state index contributed by atoms with van der Waals surface area (Å²) in [6.45, 7) is 3.03. The van der Waals surface area contributed by atoms with Crippen molar-refractivity contribution in [3.05, 3.63) is 24.8 Å². The van der Waals surface area contributed by atoms with E-state index in [0.717, 1.165) is 29.7 Å². The molecule has 1 aromatic rings. The summed E-state index contributed by atoms with van der Waals surface area (Å²) in [6.07, 6.45) is -2.63. The molecule has 1 aromatic carbocycles. The number of halogens is 4. The van der Waals surface area contributed by atoms with E-state index in [1.807, 2.05) is 39.6 Å². The fraction of sp³-hybridized carbons (Fsp3) is 0.538. The van der Waals surface area contributed by atoms with Crippen molar-refractivity contribution in [2.45, 2.75) is 18.9 Å². The van der Waals surface area contributed by atoms with E-state index >= 15 is 0 Å². The van der Waals surface area contributed by atoms with Crippen LogP contribution in [-0.4, -0.2) is 42.6 Å². The minimum atomic E-state index is -2.38. The second-order valence-corrected chi connectivity index (χ2v) is 7.16. The van der Waals surface area contributed by atoms with Crippen LogP contribution < -0.4 is 5.32 Å². The van der Waals surface area contributed by atoms with Gasteiger partial charge < -0.3 is 10.4 Å². The van der Waals surface area contributed by atoms with Gasteiger partial charge in [0.05, 0.1) is 3.57 Å². The number of aromatic hydroxyl groups is 1. The smallest absolute Gasteiger partial charge is 0.240 e. The molecule has 0 bridgehead atoms. The van der Waals surface area contributed by atoms with Crippen LogP contribution in [0, 0.1) is 7.14 Å². The molecule has 0 saturated carbocycles. The number of hydrogen-bond acceptors (Lipinski definition) is 3. The molecule has 112 valence electrons. The highest BCUT2D eigenvalue weighted by Gasteiger charge is 2.28. The van der Waals surface area contributed by atoms with E-state index in [2.05, 4.69) is 27.9 Å². The van der Waals surface area contributed by atoms with Gasteiger partial charge in [0.15, 0.2) is 0 Å². The summed E-state index contributed by atoms with van der Waals surface area (Å²) in [5, 5.41) is 13.5. The predicted octanol–water partition coefficient (Wildman–Crippen LogP) is 3.20. The predicted molar refractivity (Wildman–Crippen MR) is 91.3 cm³/mol. The second kappa shape index (κ2) is 7.50. The van der Waals surface area contributed by atoms with E-state index in [1.54, 1.807) is 0 Å². The maximum atomic E-state index is 12.9. The number of piperazine rings is 1. The van der Waals surface area contributed by atoms with Crippen LogP contribution >= 0.6 is 45.2 Å². The minimum absolute atomic E-state index is 0.134. The van der Waals surface area contributed by atoms with Gasteiger partial charge in [0.2, 0.25) is 6.43 Å². The Morgan fingerprint density at radius 3 is 2.50 bits per heavy atom. The van der Waals surface area contributed by atoms with Crippen LogP contribution in [-0.2, 0) is 0 Å². The molecule has 1 heterocycles. The third-order valence-corrected chi connectivity index (χ3v) is 4.86. The van der Waals surface area contributed by atoms with Gasteiger partial charge in [0.1, 0.15) is 5.75 Å². The van der Waals surface area contributed by atoms with Crippen molar-refractivity contribution in [3.8, 4) is 5.75 Å². The third kappa shape index (κ3) is 4.14. The number of nitrogens with one attached hydrogen (secondary N) is 1. The summed E-state index contributed by atoms with van der Waals surface area (Å²) in [7, 11) is 0. The Bertz CT molecular complexity index is 468. The highest BCUT2D eigenvalue weighted by Crippen LogP contribution is 2.37. The van der Waals surface area contributed by atoms with E-state index in [4.69, 9.17) is 0 Å². The molecule has 2 rings (SSSR count). The summed E-state index contributed by atoms with van der Waals surface area (Å²) < 4.78 is 27.5. The zero-order valence-electron chi connectivity index (χ0n) is 10.8. The highest BCUT2D eigenvalue weighted by molar-refractivity contribution is 14.1. The zero-order valence-corrected chi connectivity index (χ0v) is 15.1. The SMILES string of the molecule is Oc1c(I)cc(I)cc1[C@H](CC(F)F)N1CCNCC1. The van der Waals surface area contributed by atoms with Crippen LogP contribution in [0.2, 0.25) is 0 Å². The molecular weight excluding hydrogens is 492 g/mol. The standard InChI is InChI=1S/C13H16F2I2N2O/c14-12(15)7-11(19-3-1-18-2-4-19)9-5-8(16)6-10(17)13(9)20/h5-6,11-12,18,20H,1-4,7H2/t11-/m0/s1. The van der Waals surface area contributed by atoms with Gasteiger partial charge in [-0.05, 0) is 57.3 Å². The van der Waals surface area contributed by atoms with E-state index in [-0.39, 0.29) is 12.2 Å². The molecule has 7 heteroatoms. The first-order chi connectivity index (χ1) is 9.49. The summed E-state index contributed by atoms with van der Waals surface area (Å²) in [6, 6.07) is 3.23. The van der Waals surface area contributed by atoms with Gasteiger partial charge >= 0.3 is 0 Å². The normalized spacial score (nSPS) is 18.4. The molecule has 1 saturated heterocycles. The number of benzene rings is 1. The average Bonchev–Trinajstić information content (AvgIpc) is 2.41. The zero-order chi connectivity index (χ0) is 14.7. The molecule has 0 amide bonds. The first-order valence-corrected chi connectivity index (χ1v) is 8.55. The topological polar surface area (TPSA) is 35.5 Å². The molecule has 3 nitrogen and oxygen atoms in total. The Morgan fingerprint density at radius 2 is 1.90 bits per heavy atom. The molecule has 20 heavy (non-hydrogen) atoms. The summed E-state index contributed by atoms with van der Waals surface area (Å²) in [5.74, 6) is 0.134. The number of phenols is 1. The van der Waals surface area contributed by atoms with E-state index in [0.29, 0.717) is 9.13 Å². The molecule has 0 aliphatic carbocycles. The lowest BCUT2D eigenvalue weighted by atomic mass is 10.0. The molecule has 1 aliphatic heterocycles. The number of rotatable bonds is 4. The van der Waals surface area contributed by atoms with Crippen LogP contribution in [0.3, 0.4) is 0 Å². The van der Waals surface area contributed by atoms with Crippen molar-refractivity contribution in [2.24, 2.45) is 0 Å². The average molecular weight is 508 g/mol. The van der Waals surface area contributed by atoms with Crippen LogP contribution in [0.4, 0.5) is 8.78 Å². The number of phenolic OH excluding ortho intramolecular Hbond substituents is 1. The van der Waals surface area contributed by atoms with Crippen LogP contribution in [0.1, 0.15) is 18.0 Å². The largest absolute Gasteiger partial charge is 0.506 e. The van der Waals surface area contributed by atoms with Crippen molar-refractivity contribution >= 4 is 45.2 Å². The molecule has 1 atom stereocenters. The first-order valence-electron chi connectivity index (χ1n) is 6.40. The molecule has 2 N–H and O–H groups in total. The summed E-state index contributed by atoms with van der Waals surface area (Å²) in [4.78, 5) is 2.03. The van der Waals surface area contributed by atoms with Crippen molar-refractivity contribution in [2.75, 3.05) is 26.2 Å². The maximum Gasteiger partial charge on any atom is 0.240 e. The second-order valence-electron chi connectivity index (χ2n) is 4.75. The van der Waals surface area contributed by atoms with Crippen molar-refractivity contribution in [1.29, 1.82) is 0 Å². The molecule has 1 aliphatic rings. The van der Waals surface area contributed by atoms with E-state index < -0.39 is 12.5 Å². The highest BCUT2D eigenvalue weighted by atomic mass is 127. The Kier molecular flexibility index (Phi) is 6.24. The molecule has 0 radical (unpaired) electrons. The summed E-state index contributed by atoms with van der Waals surface area (Å²) in [5.41, 5.74) is 0.614. The van der Waals surface area contributed by atoms with Gasteiger partial charge in [-0.25, -0.2) is 8.78 Å². The Balaban J connectivity index is 2.34.